The monoisotopic (exact) mass is 328 g/mol. The summed E-state index contributed by atoms with van der Waals surface area (Å²) in [6.07, 6.45) is 2.27. The summed E-state index contributed by atoms with van der Waals surface area (Å²) in [5.41, 5.74) is 2.59. The van der Waals surface area contributed by atoms with Crippen molar-refractivity contribution in [1.29, 1.82) is 0 Å². The minimum atomic E-state index is 0.802. The van der Waals surface area contributed by atoms with Crippen molar-refractivity contribution in [1.82, 2.24) is 0 Å². The number of unbranched alkanes of at least 4 members (excludes halogenated alkanes) is 1. The van der Waals surface area contributed by atoms with E-state index in [0.29, 0.717) is 0 Å². The van der Waals surface area contributed by atoms with E-state index in [-0.39, 0.29) is 0 Å². The predicted molar refractivity (Wildman–Crippen MR) is 98.2 cm³/mol. The third-order valence-corrected chi connectivity index (χ3v) is 5.86. The maximum atomic E-state index is 5.72. The van der Waals surface area contributed by atoms with Gasteiger partial charge < -0.3 is 4.74 Å². The Kier molecular flexibility index (Phi) is 4.96. The van der Waals surface area contributed by atoms with Gasteiger partial charge >= 0.3 is 0 Å². The van der Waals surface area contributed by atoms with E-state index in [1.54, 1.807) is 0 Å². The van der Waals surface area contributed by atoms with Gasteiger partial charge in [-0.2, -0.15) is 0 Å². The molecule has 0 amide bonds. The number of benzene rings is 1. The second-order valence-electron chi connectivity index (χ2n) is 5.38. The Morgan fingerprint density at radius 3 is 2.41 bits per heavy atom. The molecule has 0 N–H and O–H groups in total. The summed E-state index contributed by atoms with van der Waals surface area (Å²) in [5.74, 6) is 0.961. The third kappa shape index (κ3) is 3.60. The van der Waals surface area contributed by atoms with E-state index in [9.17, 15) is 0 Å². The summed E-state index contributed by atoms with van der Waals surface area (Å²) in [5, 5.41) is 2.21. The van der Waals surface area contributed by atoms with Crippen molar-refractivity contribution >= 4 is 22.7 Å². The van der Waals surface area contributed by atoms with Crippen LogP contribution in [0.25, 0.3) is 20.2 Å². The standard InChI is InChI=1S/C19H20OS2/c1-3-4-11-20-16-7-5-15(6-8-16)17-9-10-18(22-17)19-12-14(2)13-21-19/h5-10,12-13H,3-4,11H2,1-2H3. The largest absolute Gasteiger partial charge is 0.494 e. The molecule has 3 rings (SSSR count). The maximum Gasteiger partial charge on any atom is 0.119 e. The first-order chi connectivity index (χ1) is 10.8. The van der Waals surface area contributed by atoms with Gasteiger partial charge in [-0.25, -0.2) is 0 Å². The van der Waals surface area contributed by atoms with Gasteiger partial charge in [0.15, 0.2) is 0 Å². The second kappa shape index (κ2) is 7.12. The van der Waals surface area contributed by atoms with Gasteiger partial charge in [0, 0.05) is 14.6 Å². The lowest BCUT2D eigenvalue weighted by atomic mass is 10.2. The van der Waals surface area contributed by atoms with Crippen LogP contribution in [0.15, 0.2) is 47.8 Å². The third-order valence-electron chi connectivity index (χ3n) is 3.48. The normalized spacial score (nSPS) is 10.8. The van der Waals surface area contributed by atoms with Crippen molar-refractivity contribution in [2.45, 2.75) is 26.7 Å². The van der Waals surface area contributed by atoms with Crippen LogP contribution < -0.4 is 4.74 Å². The first kappa shape index (κ1) is 15.3. The van der Waals surface area contributed by atoms with Gasteiger partial charge in [0.1, 0.15) is 5.75 Å². The maximum absolute atomic E-state index is 5.72. The number of rotatable bonds is 6. The molecule has 3 heteroatoms. The summed E-state index contributed by atoms with van der Waals surface area (Å²) >= 11 is 3.66. The van der Waals surface area contributed by atoms with Crippen molar-refractivity contribution in [3.63, 3.8) is 0 Å². The Morgan fingerprint density at radius 1 is 0.955 bits per heavy atom. The van der Waals surface area contributed by atoms with Gasteiger partial charge in [0.05, 0.1) is 6.61 Å². The minimum absolute atomic E-state index is 0.802. The fourth-order valence-corrected chi connectivity index (χ4v) is 4.25. The van der Waals surface area contributed by atoms with Gasteiger partial charge in [0.25, 0.3) is 0 Å². The topological polar surface area (TPSA) is 9.23 Å². The summed E-state index contributed by atoms with van der Waals surface area (Å²) in [7, 11) is 0. The molecule has 0 unspecified atom stereocenters. The van der Waals surface area contributed by atoms with Crippen LogP contribution in [-0.2, 0) is 0 Å². The number of hydrogen-bond acceptors (Lipinski definition) is 3. The van der Waals surface area contributed by atoms with E-state index in [2.05, 4.69) is 61.7 Å². The molecule has 0 bridgehead atoms. The molecule has 22 heavy (non-hydrogen) atoms. The number of ether oxygens (including phenoxy) is 1. The molecule has 1 aromatic carbocycles. The van der Waals surface area contributed by atoms with E-state index in [0.717, 1.165) is 25.2 Å². The van der Waals surface area contributed by atoms with Crippen LogP contribution in [0.1, 0.15) is 25.3 Å². The van der Waals surface area contributed by atoms with Crippen LogP contribution in [-0.4, -0.2) is 6.61 Å². The first-order valence-electron chi connectivity index (χ1n) is 7.65. The lowest BCUT2D eigenvalue weighted by Gasteiger charge is -2.05. The Bertz CT molecular complexity index is 722. The highest BCUT2D eigenvalue weighted by Gasteiger charge is 2.07. The van der Waals surface area contributed by atoms with Crippen molar-refractivity contribution in [3.05, 3.63) is 53.4 Å². The van der Waals surface area contributed by atoms with Crippen molar-refractivity contribution in [2.75, 3.05) is 6.61 Å². The first-order valence-corrected chi connectivity index (χ1v) is 9.34. The smallest absolute Gasteiger partial charge is 0.119 e. The zero-order valence-corrected chi connectivity index (χ0v) is 14.6. The number of aryl methyl sites for hydroxylation is 1. The quantitative estimate of drug-likeness (QED) is 0.461. The van der Waals surface area contributed by atoms with Gasteiger partial charge in [-0.05, 0) is 72.3 Å². The Labute approximate surface area is 140 Å². The SMILES string of the molecule is CCCCOc1ccc(-c2ccc(-c3cc(C)cs3)s2)cc1. The number of hydrogen-bond donors (Lipinski definition) is 0. The molecular weight excluding hydrogens is 308 g/mol. The van der Waals surface area contributed by atoms with Crippen LogP contribution in [0.4, 0.5) is 0 Å². The van der Waals surface area contributed by atoms with Crippen molar-refractivity contribution in [2.24, 2.45) is 0 Å². The summed E-state index contributed by atoms with van der Waals surface area (Å²) in [6.45, 7) is 5.12. The predicted octanol–water partition coefficient (Wildman–Crippen LogP) is 6.63. The van der Waals surface area contributed by atoms with E-state index < -0.39 is 0 Å². The minimum Gasteiger partial charge on any atom is -0.494 e. The zero-order chi connectivity index (χ0) is 15.4. The molecule has 2 heterocycles. The molecule has 0 aliphatic rings. The van der Waals surface area contributed by atoms with Crippen molar-refractivity contribution < 1.29 is 4.74 Å². The van der Waals surface area contributed by atoms with Crippen LogP contribution >= 0.6 is 22.7 Å². The molecule has 0 aliphatic carbocycles. The van der Waals surface area contributed by atoms with E-state index in [4.69, 9.17) is 4.74 Å². The Morgan fingerprint density at radius 2 is 1.73 bits per heavy atom. The second-order valence-corrected chi connectivity index (χ2v) is 7.37. The lowest BCUT2D eigenvalue weighted by molar-refractivity contribution is 0.309. The van der Waals surface area contributed by atoms with E-state index >= 15 is 0 Å². The molecule has 1 nitrogen and oxygen atoms in total. The molecule has 0 radical (unpaired) electrons. The molecule has 3 aromatic rings. The summed E-state index contributed by atoms with van der Waals surface area (Å²) < 4.78 is 5.72. The molecule has 2 aromatic heterocycles. The number of thiophene rings is 2. The average molecular weight is 329 g/mol. The highest BCUT2D eigenvalue weighted by Crippen LogP contribution is 2.37. The molecule has 114 valence electrons. The Hall–Kier alpha value is -1.58. The zero-order valence-electron chi connectivity index (χ0n) is 13.0. The summed E-state index contributed by atoms with van der Waals surface area (Å²) in [6, 6.07) is 15.1. The summed E-state index contributed by atoms with van der Waals surface area (Å²) in [4.78, 5) is 4.01. The fourth-order valence-electron chi connectivity index (χ4n) is 2.24. The highest BCUT2D eigenvalue weighted by atomic mass is 32.1. The molecule has 0 atom stereocenters. The van der Waals surface area contributed by atoms with Crippen molar-refractivity contribution in [3.8, 4) is 25.9 Å². The molecule has 0 saturated heterocycles. The lowest BCUT2D eigenvalue weighted by Crippen LogP contribution is -1.95. The average Bonchev–Trinajstić information content (AvgIpc) is 3.17. The van der Waals surface area contributed by atoms with Gasteiger partial charge in [-0.1, -0.05) is 13.3 Å². The fraction of sp³-hybridized carbons (Fsp3) is 0.263. The molecule has 0 spiro atoms. The molecule has 0 saturated carbocycles. The van der Waals surface area contributed by atoms with E-state index in [1.165, 1.54) is 25.8 Å². The van der Waals surface area contributed by atoms with Gasteiger partial charge in [-0.15, -0.1) is 22.7 Å². The highest BCUT2D eigenvalue weighted by molar-refractivity contribution is 7.23. The molecule has 0 aliphatic heterocycles. The van der Waals surface area contributed by atoms with Crippen LogP contribution in [0.3, 0.4) is 0 Å². The van der Waals surface area contributed by atoms with E-state index in [1.807, 2.05) is 22.7 Å². The van der Waals surface area contributed by atoms with Crippen LogP contribution in [0.2, 0.25) is 0 Å². The molecular formula is C19H20OS2. The Balaban J connectivity index is 1.73. The van der Waals surface area contributed by atoms with Gasteiger partial charge in [-0.3, -0.25) is 0 Å². The van der Waals surface area contributed by atoms with Gasteiger partial charge in [0.2, 0.25) is 0 Å². The van der Waals surface area contributed by atoms with Crippen LogP contribution in [0.5, 0.6) is 5.75 Å². The molecule has 0 fully saturated rings. The van der Waals surface area contributed by atoms with Crippen LogP contribution in [0, 0.1) is 6.92 Å².